The molecule has 4 nitrogen and oxygen atoms in total. The summed E-state index contributed by atoms with van der Waals surface area (Å²) in [6.45, 7) is 5.72. The number of aryl methyl sites for hydroxylation is 1. The van der Waals surface area contributed by atoms with Crippen molar-refractivity contribution in [3.63, 3.8) is 0 Å². The van der Waals surface area contributed by atoms with Crippen LogP contribution in [0.1, 0.15) is 50.9 Å². The third-order valence-corrected chi connectivity index (χ3v) is 3.89. The molecule has 1 aliphatic rings. The Hall–Kier alpha value is -0.870. The van der Waals surface area contributed by atoms with Crippen LogP contribution in [0.2, 0.25) is 0 Å². The Labute approximate surface area is 103 Å². The van der Waals surface area contributed by atoms with E-state index in [1.807, 2.05) is 38.7 Å². The largest absolute Gasteiger partial charge is 0.389 e. The zero-order valence-electron chi connectivity index (χ0n) is 11.2. The lowest BCUT2D eigenvalue weighted by Crippen LogP contribution is -2.46. The van der Waals surface area contributed by atoms with E-state index < -0.39 is 5.60 Å². The van der Waals surface area contributed by atoms with E-state index in [2.05, 4.69) is 10.4 Å². The third kappa shape index (κ3) is 2.53. The van der Waals surface area contributed by atoms with Crippen molar-refractivity contribution in [2.24, 2.45) is 7.05 Å². The summed E-state index contributed by atoms with van der Waals surface area (Å²) >= 11 is 0. The van der Waals surface area contributed by atoms with Gasteiger partial charge in [0.15, 0.2) is 0 Å². The first-order valence-electron chi connectivity index (χ1n) is 6.39. The van der Waals surface area contributed by atoms with Crippen molar-refractivity contribution in [1.82, 2.24) is 15.1 Å². The molecule has 17 heavy (non-hydrogen) atoms. The third-order valence-electron chi connectivity index (χ3n) is 3.89. The second-order valence-corrected chi connectivity index (χ2v) is 5.66. The number of aromatic nitrogens is 2. The summed E-state index contributed by atoms with van der Waals surface area (Å²) in [4.78, 5) is 0. The smallest absolute Gasteiger partial charge is 0.0741 e. The molecule has 1 aromatic rings. The van der Waals surface area contributed by atoms with Gasteiger partial charge in [-0.25, -0.2) is 0 Å². The zero-order chi connectivity index (χ0) is 12.6. The van der Waals surface area contributed by atoms with E-state index in [0.29, 0.717) is 6.04 Å². The van der Waals surface area contributed by atoms with E-state index in [9.17, 15) is 5.11 Å². The summed E-state index contributed by atoms with van der Waals surface area (Å²) in [5.74, 6) is 0. The Morgan fingerprint density at radius 1 is 1.59 bits per heavy atom. The van der Waals surface area contributed by atoms with Gasteiger partial charge in [0.05, 0.1) is 11.8 Å². The minimum Gasteiger partial charge on any atom is -0.389 e. The summed E-state index contributed by atoms with van der Waals surface area (Å²) in [6, 6.07) is 0.396. The van der Waals surface area contributed by atoms with E-state index in [1.54, 1.807) is 0 Å². The highest BCUT2D eigenvalue weighted by atomic mass is 16.3. The molecule has 2 N–H and O–H groups in total. The molecule has 2 rings (SSSR count). The Kier molecular flexibility index (Phi) is 3.27. The molecule has 2 atom stereocenters. The molecule has 96 valence electrons. The van der Waals surface area contributed by atoms with Gasteiger partial charge in [-0.1, -0.05) is 0 Å². The van der Waals surface area contributed by atoms with Gasteiger partial charge in [-0.2, -0.15) is 5.10 Å². The SMILES string of the molecule is CC(NC1CCCc2c1cnn2C)C(C)(C)O. The van der Waals surface area contributed by atoms with Crippen LogP contribution >= 0.6 is 0 Å². The van der Waals surface area contributed by atoms with Gasteiger partial charge in [0.1, 0.15) is 0 Å². The Bertz CT molecular complexity index is 392. The number of fused-ring (bicyclic) bond motifs is 1. The van der Waals surface area contributed by atoms with Gasteiger partial charge in [0.25, 0.3) is 0 Å². The second kappa shape index (κ2) is 4.42. The Morgan fingerprint density at radius 2 is 2.29 bits per heavy atom. The van der Waals surface area contributed by atoms with Crippen molar-refractivity contribution in [3.8, 4) is 0 Å². The van der Waals surface area contributed by atoms with Gasteiger partial charge in [0, 0.05) is 30.4 Å². The summed E-state index contributed by atoms with van der Waals surface area (Å²) in [5.41, 5.74) is 1.94. The van der Waals surface area contributed by atoms with Gasteiger partial charge in [-0.3, -0.25) is 4.68 Å². The molecule has 0 bridgehead atoms. The second-order valence-electron chi connectivity index (χ2n) is 5.66. The molecule has 1 aromatic heterocycles. The lowest BCUT2D eigenvalue weighted by molar-refractivity contribution is 0.0388. The molecule has 2 unspecified atom stereocenters. The summed E-state index contributed by atoms with van der Waals surface area (Å²) in [7, 11) is 2.00. The predicted molar refractivity (Wildman–Crippen MR) is 67.8 cm³/mol. The van der Waals surface area contributed by atoms with E-state index in [0.717, 1.165) is 12.8 Å². The van der Waals surface area contributed by atoms with Crippen LogP contribution in [0, 0.1) is 0 Å². The monoisotopic (exact) mass is 237 g/mol. The summed E-state index contributed by atoms with van der Waals surface area (Å²) < 4.78 is 1.97. The van der Waals surface area contributed by atoms with Crippen molar-refractivity contribution >= 4 is 0 Å². The number of aliphatic hydroxyl groups is 1. The first kappa shape index (κ1) is 12.6. The molecule has 0 amide bonds. The molecule has 4 heteroatoms. The first-order chi connectivity index (χ1) is 7.89. The Balaban J connectivity index is 2.14. The number of nitrogens with zero attached hydrogens (tertiary/aromatic N) is 2. The van der Waals surface area contributed by atoms with Crippen molar-refractivity contribution in [2.45, 2.75) is 57.7 Å². The lowest BCUT2D eigenvalue weighted by atomic mass is 9.90. The van der Waals surface area contributed by atoms with Crippen LogP contribution < -0.4 is 5.32 Å². The van der Waals surface area contributed by atoms with Crippen molar-refractivity contribution < 1.29 is 5.11 Å². The minimum absolute atomic E-state index is 0.0682. The summed E-state index contributed by atoms with van der Waals surface area (Å²) in [5, 5.41) is 17.8. The lowest BCUT2D eigenvalue weighted by Gasteiger charge is -2.33. The average molecular weight is 237 g/mol. The van der Waals surface area contributed by atoms with Gasteiger partial charge >= 0.3 is 0 Å². The molecule has 1 aliphatic carbocycles. The van der Waals surface area contributed by atoms with Gasteiger partial charge in [-0.05, 0) is 40.0 Å². The highest BCUT2D eigenvalue weighted by molar-refractivity contribution is 5.24. The standard InChI is InChI=1S/C13H23N3O/c1-9(13(2,3)17)15-11-6-5-7-12-10(11)8-14-16(12)4/h8-9,11,15,17H,5-7H2,1-4H3. The van der Waals surface area contributed by atoms with Crippen LogP contribution in [0.3, 0.4) is 0 Å². The van der Waals surface area contributed by atoms with Crippen LogP contribution in [0.25, 0.3) is 0 Å². The van der Waals surface area contributed by atoms with Crippen LogP contribution in [-0.4, -0.2) is 26.5 Å². The normalized spacial score (nSPS) is 22.3. The molecule has 0 spiro atoms. The first-order valence-corrected chi connectivity index (χ1v) is 6.39. The predicted octanol–water partition coefficient (Wildman–Crippen LogP) is 1.55. The molecule has 0 aliphatic heterocycles. The van der Waals surface area contributed by atoms with Crippen LogP contribution in [0.15, 0.2) is 6.20 Å². The summed E-state index contributed by atoms with van der Waals surface area (Å²) in [6.07, 6.45) is 5.38. The molecule has 0 saturated carbocycles. The van der Waals surface area contributed by atoms with Crippen LogP contribution in [0.5, 0.6) is 0 Å². The van der Waals surface area contributed by atoms with E-state index in [4.69, 9.17) is 0 Å². The van der Waals surface area contributed by atoms with Crippen LogP contribution in [-0.2, 0) is 13.5 Å². The van der Waals surface area contributed by atoms with Crippen LogP contribution in [0.4, 0.5) is 0 Å². The van der Waals surface area contributed by atoms with Gasteiger partial charge in [-0.15, -0.1) is 0 Å². The Morgan fingerprint density at radius 3 is 2.94 bits per heavy atom. The number of hydrogen-bond acceptors (Lipinski definition) is 3. The van der Waals surface area contributed by atoms with Gasteiger partial charge < -0.3 is 10.4 Å². The molecule has 0 fully saturated rings. The molecule has 0 aromatic carbocycles. The molecular formula is C13H23N3O. The molecule has 0 saturated heterocycles. The molecule has 1 heterocycles. The van der Waals surface area contributed by atoms with Gasteiger partial charge in [0.2, 0.25) is 0 Å². The van der Waals surface area contributed by atoms with E-state index in [1.165, 1.54) is 17.7 Å². The maximum Gasteiger partial charge on any atom is 0.0741 e. The fourth-order valence-electron chi connectivity index (χ4n) is 2.39. The highest BCUT2D eigenvalue weighted by Crippen LogP contribution is 2.30. The number of rotatable bonds is 3. The van der Waals surface area contributed by atoms with Crippen molar-refractivity contribution in [3.05, 3.63) is 17.5 Å². The maximum atomic E-state index is 9.99. The number of hydrogen-bond donors (Lipinski definition) is 2. The average Bonchev–Trinajstić information content (AvgIpc) is 2.60. The zero-order valence-corrected chi connectivity index (χ0v) is 11.2. The molecule has 0 radical (unpaired) electrons. The maximum absolute atomic E-state index is 9.99. The molecular weight excluding hydrogens is 214 g/mol. The topological polar surface area (TPSA) is 50.1 Å². The number of nitrogens with one attached hydrogen (secondary N) is 1. The van der Waals surface area contributed by atoms with E-state index in [-0.39, 0.29) is 6.04 Å². The van der Waals surface area contributed by atoms with E-state index >= 15 is 0 Å². The fourth-order valence-corrected chi connectivity index (χ4v) is 2.39. The van der Waals surface area contributed by atoms with Crippen molar-refractivity contribution in [1.29, 1.82) is 0 Å². The minimum atomic E-state index is -0.695. The quantitative estimate of drug-likeness (QED) is 0.838. The fraction of sp³-hybridized carbons (Fsp3) is 0.769. The van der Waals surface area contributed by atoms with Crippen molar-refractivity contribution in [2.75, 3.05) is 0 Å². The highest BCUT2D eigenvalue weighted by Gasteiger charge is 2.29.